The van der Waals surface area contributed by atoms with Gasteiger partial charge in [0.2, 0.25) is 5.95 Å². The topological polar surface area (TPSA) is 29.0 Å². The summed E-state index contributed by atoms with van der Waals surface area (Å²) in [6.45, 7) is 2.67. The Labute approximate surface area is 126 Å². The van der Waals surface area contributed by atoms with Gasteiger partial charge in [0, 0.05) is 12.7 Å². The minimum absolute atomic E-state index is 0.0316. The number of nitrogens with zero attached hydrogens (tertiary/aromatic N) is 3. The van der Waals surface area contributed by atoms with Crippen LogP contribution in [0.5, 0.6) is 0 Å². The molecule has 1 aromatic heterocycles. The highest BCUT2D eigenvalue weighted by Crippen LogP contribution is 2.35. The molecule has 0 radical (unpaired) electrons. The molecule has 0 saturated carbocycles. The van der Waals surface area contributed by atoms with Crippen molar-refractivity contribution in [3.63, 3.8) is 0 Å². The quantitative estimate of drug-likeness (QED) is 0.835. The highest BCUT2D eigenvalue weighted by molar-refractivity contribution is 5.39. The second-order valence-electron chi connectivity index (χ2n) is 5.50. The molecule has 22 heavy (non-hydrogen) atoms. The van der Waals surface area contributed by atoms with Gasteiger partial charge < -0.3 is 4.90 Å². The van der Waals surface area contributed by atoms with Gasteiger partial charge in [-0.3, -0.25) is 0 Å². The van der Waals surface area contributed by atoms with Gasteiger partial charge in [-0.15, -0.1) is 0 Å². The number of alkyl halides is 3. The van der Waals surface area contributed by atoms with Crippen molar-refractivity contribution < 1.29 is 13.2 Å². The molecule has 0 aliphatic carbocycles. The molecule has 2 aromatic rings. The van der Waals surface area contributed by atoms with Crippen molar-refractivity contribution in [3.8, 4) is 0 Å². The molecule has 0 amide bonds. The maximum Gasteiger partial charge on any atom is 0.433 e. The zero-order valence-electron chi connectivity index (χ0n) is 12.1. The largest absolute Gasteiger partial charge is 0.433 e. The van der Waals surface area contributed by atoms with E-state index in [4.69, 9.17) is 0 Å². The van der Waals surface area contributed by atoms with E-state index >= 15 is 0 Å². The monoisotopic (exact) mass is 307 g/mol. The van der Waals surface area contributed by atoms with Gasteiger partial charge in [0.1, 0.15) is 5.69 Å². The van der Waals surface area contributed by atoms with Crippen LogP contribution in [0.4, 0.5) is 19.1 Å². The number of aromatic nitrogens is 2. The van der Waals surface area contributed by atoms with E-state index in [1.165, 1.54) is 6.20 Å². The summed E-state index contributed by atoms with van der Waals surface area (Å²) in [6.07, 6.45) is -1.47. The predicted molar refractivity (Wildman–Crippen MR) is 77.5 cm³/mol. The van der Waals surface area contributed by atoms with Gasteiger partial charge in [0.15, 0.2) is 0 Å². The molecule has 3 rings (SSSR count). The second kappa shape index (κ2) is 5.59. The lowest BCUT2D eigenvalue weighted by molar-refractivity contribution is -0.141. The van der Waals surface area contributed by atoms with Gasteiger partial charge in [-0.25, -0.2) is 9.97 Å². The molecule has 6 heteroatoms. The molecule has 1 atom stereocenters. The fourth-order valence-electron chi connectivity index (χ4n) is 2.79. The Balaban J connectivity index is 1.92. The van der Waals surface area contributed by atoms with Crippen LogP contribution in [0.2, 0.25) is 0 Å². The van der Waals surface area contributed by atoms with Crippen molar-refractivity contribution in [2.75, 3.05) is 11.4 Å². The third-order valence-electron chi connectivity index (χ3n) is 3.91. The van der Waals surface area contributed by atoms with E-state index in [0.717, 1.165) is 30.0 Å². The molecular formula is C16H16F3N3. The summed E-state index contributed by atoms with van der Waals surface area (Å²) in [7, 11) is 0. The second-order valence-corrected chi connectivity index (χ2v) is 5.50. The average Bonchev–Trinajstić information content (AvgIpc) is 2.97. The molecule has 116 valence electrons. The first-order chi connectivity index (χ1) is 10.4. The summed E-state index contributed by atoms with van der Waals surface area (Å²) in [5.41, 5.74) is 1.35. The average molecular weight is 307 g/mol. The summed E-state index contributed by atoms with van der Waals surface area (Å²) in [5, 5.41) is 0. The van der Waals surface area contributed by atoms with E-state index in [0.29, 0.717) is 6.54 Å². The highest BCUT2D eigenvalue weighted by Gasteiger charge is 2.34. The van der Waals surface area contributed by atoms with E-state index in [2.05, 4.69) is 9.97 Å². The maximum atomic E-state index is 12.8. The first kappa shape index (κ1) is 14.8. The number of rotatable bonds is 2. The van der Waals surface area contributed by atoms with Crippen LogP contribution in [0, 0.1) is 6.92 Å². The molecule has 1 aliphatic rings. The van der Waals surface area contributed by atoms with Gasteiger partial charge in [-0.2, -0.15) is 13.2 Å². The van der Waals surface area contributed by atoms with E-state index in [1.54, 1.807) is 0 Å². The Morgan fingerprint density at radius 1 is 1.14 bits per heavy atom. The van der Waals surface area contributed by atoms with Crippen LogP contribution >= 0.6 is 0 Å². The van der Waals surface area contributed by atoms with Crippen LogP contribution < -0.4 is 4.90 Å². The van der Waals surface area contributed by atoms with Crippen molar-refractivity contribution in [1.82, 2.24) is 9.97 Å². The van der Waals surface area contributed by atoms with E-state index in [9.17, 15) is 13.2 Å². The third kappa shape index (κ3) is 2.91. The Hall–Kier alpha value is -2.11. The number of benzene rings is 1. The van der Waals surface area contributed by atoms with Crippen LogP contribution in [0.25, 0.3) is 0 Å². The molecule has 2 heterocycles. The number of aryl methyl sites for hydroxylation is 1. The van der Waals surface area contributed by atoms with Gasteiger partial charge in [0.05, 0.1) is 6.04 Å². The summed E-state index contributed by atoms with van der Waals surface area (Å²) < 4.78 is 38.4. The van der Waals surface area contributed by atoms with Gasteiger partial charge in [0.25, 0.3) is 0 Å². The molecular weight excluding hydrogens is 291 g/mol. The zero-order chi connectivity index (χ0) is 15.7. The molecule has 1 saturated heterocycles. The van der Waals surface area contributed by atoms with Crippen LogP contribution in [0.15, 0.2) is 36.5 Å². The number of hydrogen-bond acceptors (Lipinski definition) is 3. The molecule has 0 N–H and O–H groups in total. The van der Waals surface area contributed by atoms with Gasteiger partial charge in [-0.1, -0.05) is 29.8 Å². The van der Waals surface area contributed by atoms with Crippen molar-refractivity contribution in [2.45, 2.75) is 32.0 Å². The summed E-state index contributed by atoms with van der Waals surface area (Å²) in [6, 6.07) is 9.00. The lowest BCUT2D eigenvalue weighted by Crippen LogP contribution is -2.25. The Kier molecular flexibility index (Phi) is 3.76. The van der Waals surface area contributed by atoms with Crippen molar-refractivity contribution in [3.05, 3.63) is 53.3 Å². The number of halogens is 3. The molecule has 0 spiro atoms. The van der Waals surface area contributed by atoms with Crippen LogP contribution in [-0.4, -0.2) is 16.5 Å². The normalized spacial score (nSPS) is 18.7. The fourth-order valence-corrected chi connectivity index (χ4v) is 2.79. The smallest absolute Gasteiger partial charge is 0.334 e. The van der Waals surface area contributed by atoms with Gasteiger partial charge >= 0.3 is 6.18 Å². The van der Waals surface area contributed by atoms with Crippen LogP contribution in [-0.2, 0) is 6.18 Å². The highest BCUT2D eigenvalue weighted by atomic mass is 19.4. The lowest BCUT2D eigenvalue weighted by Gasteiger charge is -2.25. The van der Waals surface area contributed by atoms with Crippen molar-refractivity contribution in [1.29, 1.82) is 0 Å². The lowest BCUT2D eigenvalue weighted by atomic mass is 10.0. The Morgan fingerprint density at radius 3 is 2.55 bits per heavy atom. The molecule has 1 unspecified atom stereocenters. The third-order valence-corrected chi connectivity index (χ3v) is 3.91. The first-order valence-corrected chi connectivity index (χ1v) is 7.18. The summed E-state index contributed by atoms with van der Waals surface area (Å²) in [5.74, 6) is 0.151. The SMILES string of the molecule is Cc1ccc(C2CCCN2c2nccc(C(F)(F)F)n2)cc1. The predicted octanol–water partition coefficient (Wildman–Crippen LogP) is 4.15. The Bertz CT molecular complexity index is 652. The first-order valence-electron chi connectivity index (χ1n) is 7.18. The van der Waals surface area contributed by atoms with Crippen LogP contribution in [0.1, 0.15) is 35.7 Å². The van der Waals surface area contributed by atoms with Crippen LogP contribution in [0.3, 0.4) is 0 Å². The van der Waals surface area contributed by atoms with E-state index in [-0.39, 0.29) is 12.0 Å². The van der Waals surface area contributed by atoms with E-state index < -0.39 is 11.9 Å². The molecule has 1 aliphatic heterocycles. The van der Waals surface area contributed by atoms with Crippen molar-refractivity contribution in [2.24, 2.45) is 0 Å². The van der Waals surface area contributed by atoms with Crippen molar-refractivity contribution >= 4 is 5.95 Å². The molecule has 3 nitrogen and oxygen atoms in total. The Morgan fingerprint density at radius 2 is 1.86 bits per heavy atom. The van der Waals surface area contributed by atoms with Gasteiger partial charge in [-0.05, 0) is 31.4 Å². The fraction of sp³-hybridized carbons (Fsp3) is 0.375. The molecule has 0 bridgehead atoms. The number of anilines is 1. The number of hydrogen-bond donors (Lipinski definition) is 0. The maximum absolute atomic E-state index is 12.8. The standard InChI is InChI=1S/C16H16F3N3/c1-11-4-6-12(7-5-11)13-3-2-10-22(13)15-20-9-8-14(21-15)16(17,18)19/h4-9,13H,2-3,10H2,1H3. The minimum atomic E-state index is -4.45. The summed E-state index contributed by atoms with van der Waals surface area (Å²) in [4.78, 5) is 9.61. The minimum Gasteiger partial charge on any atom is -0.334 e. The molecule has 1 aromatic carbocycles. The molecule has 1 fully saturated rings. The van der Waals surface area contributed by atoms with E-state index in [1.807, 2.05) is 36.1 Å². The zero-order valence-corrected chi connectivity index (χ0v) is 12.1. The summed E-state index contributed by atoms with van der Waals surface area (Å²) >= 11 is 0.